The van der Waals surface area contributed by atoms with Crippen LogP contribution in [0.15, 0.2) is 40.0 Å². The molecule has 1 amide bonds. The van der Waals surface area contributed by atoms with Gasteiger partial charge in [0.05, 0.1) is 41.7 Å². The Morgan fingerprint density at radius 3 is 2.60 bits per heavy atom. The number of esters is 1. The number of nitrogens with one attached hydrogen (secondary N) is 1. The van der Waals surface area contributed by atoms with E-state index in [1.54, 1.807) is 12.3 Å². The third kappa shape index (κ3) is 6.60. The molecule has 2 aromatic rings. The van der Waals surface area contributed by atoms with Gasteiger partial charge in [0.15, 0.2) is 22.5 Å². The summed E-state index contributed by atoms with van der Waals surface area (Å²) in [6.07, 6.45) is 1.50. The zero-order valence-electron chi connectivity index (χ0n) is 25.9. The number of hydrazine groups is 1. The number of likely N-dealkylation sites (tertiary alicyclic amines) is 1. The summed E-state index contributed by atoms with van der Waals surface area (Å²) < 4.78 is 65.9. The number of nitrogens with zero attached hydrogens (tertiary/aromatic N) is 5. The second-order valence-corrected chi connectivity index (χ2v) is 13.4. The normalized spacial score (nSPS) is 23.0. The van der Waals surface area contributed by atoms with E-state index in [1.807, 2.05) is 0 Å². The number of thiazole rings is 1. The number of aromatic nitrogens is 1. The van der Waals surface area contributed by atoms with Gasteiger partial charge in [-0.2, -0.15) is 0 Å². The highest BCUT2D eigenvalue weighted by Gasteiger charge is 2.62. The van der Waals surface area contributed by atoms with Gasteiger partial charge in [0.2, 0.25) is 5.91 Å². The number of benzene rings is 1. The first kappa shape index (κ1) is 34.7. The number of rotatable bonds is 10. The van der Waals surface area contributed by atoms with Crippen molar-refractivity contribution in [2.75, 3.05) is 32.8 Å². The van der Waals surface area contributed by atoms with Gasteiger partial charge in [-0.1, -0.05) is 17.7 Å². The minimum atomic E-state index is -3.35. The SMILES string of the molecule is CCOC(=O)C1=C(CN2CC(F)(F)[C@@H]3[C@H]2CN(C(C)=O)N3CCC(C)(C)C(=O)O)NC(c2nccs2)=N[C@H]1c1ccc(F)c(F)c1Cl. The maximum absolute atomic E-state index is 15.9. The number of carbonyl (C=O) groups is 3. The fourth-order valence-electron chi connectivity index (χ4n) is 6.07. The summed E-state index contributed by atoms with van der Waals surface area (Å²) in [4.78, 5) is 48.2. The lowest BCUT2D eigenvalue weighted by Crippen LogP contribution is -2.52. The molecule has 0 bridgehead atoms. The van der Waals surface area contributed by atoms with Crippen LogP contribution < -0.4 is 5.32 Å². The first-order valence-corrected chi connectivity index (χ1v) is 16.0. The lowest BCUT2D eigenvalue weighted by molar-refractivity contribution is -0.156. The van der Waals surface area contributed by atoms with E-state index in [2.05, 4.69) is 15.3 Å². The van der Waals surface area contributed by atoms with E-state index in [9.17, 15) is 28.3 Å². The Bertz CT molecular complexity index is 1640. The molecule has 1 aromatic carbocycles. The molecule has 17 heteroatoms. The summed E-state index contributed by atoms with van der Waals surface area (Å²) in [7, 11) is 0. The quantitative estimate of drug-likeness (QED) is 0.213. The van der Waals surface area contributed by atoms with Crippen LogP contribution in [-0.4, -0.2) is 99.5 Å². The average Bonchev–Trinajstić information content (AvgIpc) is 3.72. The number of amides is 1. The number of halogens is 5. The number of carbonyl (C=O) groups excluding carboxylic acids is 2. The molecule has 3 aliphatic heterocycles. The van der Waals surface area contributed by atoms with Crippen molar-refractivity contribution >= 4 is 46.6 Å². The van der Waals surface area contributed by atoms with Gasteiger partial charge in [-0.05, 0) is 33.3 Å². The summed E-state index contributed by atoms with van der Waals surface area (Å²) in [6, 6.07) is -1.69. The summed E-state index contributed by atoms with van der Waals surface area (Å²) >= 11 is 7.43. The summed E-state index contributed by atoms with van der Waals surface area (Å²) in [5.41, 5.74) is -1.33. The lowest BCUT2D eigenvalue weighted by atomic mass is 9.89. The second kappa shape index (κ2) is 13.1. The second-order valence-electron chi connectivity index (χ2n) is 12.1. The zero-order valence-corrected chi connectivity index (χ0v) is 27.5. The summed E-state index contributed by atoms with van der Waals surface area (Å²) in [5.74, 6) is -8.23. The van der Waals surface area contributed by atoms with Crippen molar-refractivity contribution in [3.8, 4) is 0 Å². The number of hydrogen-bond acceptors (Lipinski definition) is 10. The first-order valence-electron chi connectivity index (χ1n) is 14.8. The van der Waals surface area contributed by atoms with E-state index in [-0.39, 0.29) is 55.3 Å². The number of amidine groups is 1. The molecule has 0 unspecified atom stereocenters. The molecule has 0 saturated carbocycles. The molecule has 0 radical (unpaired) electrons. The largest absolute Gasteiger partial charge is 0.481 e. The van der Waals surface area contributed by atoms with Gasteiger partial charge in [-0.25, -0.2) is 32.3 Å². The van der Waals surface area contributed by atoms with Crippen molar-refractivity contribution < 1.29 is 41.8 Å². The molecule has 254 valence electrons. The van der Waals surface area contributed by atoms with Gasteiger partial charge in [0.25, 0.3) is 5.92 Å². The van der Waals surface area contributed by atoms with E-state index in [1.165, 1.54) is 59.3 Å². The maximum Gasteiger partial charge on any atom is 0.338 e. The van der Waals surface area contributed by atoms with Gasteiger partial charge in [-0.3, -0.25) is 24.5 Å². The number of carboxylic acids is 1. The molecule has 5 rings (SSSR count). The molecule has 3 aliphatic rings. The van der Waals surface area contributed by atoms with Gasteiger partial charge in [0.1, 0.15) is 12.1 Å². The summed E-state index contributed by atoms with van der Waals surface area (Å²) in [5, 5.41) is 16.5. The lowest BCUT2D eigenvalue weighted by Gasteiger charge is -2.35. The fraction of sp³-hybridized carbons (Fsp3) is 0.500. The Morgan fingerprint density at radius 1 is 1.26 bits per heavy atom. The van der Waals surface area contributed by atoms with Crippen LogP contribution in [0.3, 0.4) is 0 Å². The van der Waals surface area contributed by atoms with Crippen molar-refractivity contribution in [1.82, 2.24) is 25.2 Å². The van der Waals surface area contributed by atoms with Crippen LogP contribution in [0.1, 0.15) is 50.7 Å². The predicted octanol–water partition coefficient (Wildman–Crippen LogP) is 4.25. The predicted molar refractivity (Wildman–Crippen MR) is 164 cm³/mol. The Balaban J connectivity index is 1.57. The van der Waals surface area contributed by atoms with Crippen molar-refractivity contribution in [3.05, 3.63) is 62.2 Å². The van der Waals surface area contributed by atoms with E-state index >= 15 is 8.78 Å². The Morgan fingerprint density at radius 2 is 1.98 bits per heavy atom. The highest BCUT2D eigenvalue weighted by molar-refractivity contribution is 7.11. The van der Waals surface area contributed by atoms with Crippen LogP contribution in [0.2, 0.25) is 5.02 Å². The molecule has 2 N–H and O–H groups in total. The number of ether oxygens (including phenoxy) is 1. The van der Waals surface area contributed by atoms with Crippen LogP contribution >= 0.6 is 22.9 Å². The third-order valence-electron chi connectivity index (χ3n) is 8.56. The molecular formula is C30H33ClF4N6O5S. The minimum Gasteiger partial charge on any atom is -0.481 e. The van der Waals surface area contributed by atoms with E-state index in [0.717, 1.165) is 6.07 Å². The van der Waals surface area contributed by atoms with Gasteiger partial charge < -0.3 is 15.2 Å². The molecule has 0 aliphatic carbocycles. The molecule has 1 aromatic heterocycles. The van der Waals surface area contributed by atoms with Crippen LogP contribution in [0.5, 0.6) is 0 Å². The van der Waals surface area contributed by atoms with Crippen LogP contribution in [0, 0.1) is 17.0 Å². The monoisotopic (exact) mass is 700 g/mol. The zero-order chi connectivity index (χ0) is 34.4. The molecule has 47 heavy (non-hydrogen) atoms. The number of fused-ring (bicyclic) bond motifs is 1. The molecule has 2 fully saturated rings. The van der Waals surface area contributed by atoms with Gasteiger partial charge in [-0.15, -0.1) is 11.3 Å². The standard InChI is InChI=1S/C30H33ClF4N6O5S/c1-5-46-27(43)20-18(37-25(26-36-9-11-47-26)38-23(20)16-6-7-17(32)22(33)21(16)31)12-39-14-30(34,35)24-19(39)13-41(15(2)42)40(24)10-8-29(3,4)28(44)45/h6-7,9,11,19,23-24H,5,8,10,12-14H2,1-4H3,(H,37,38)(H,44,45)/t19-,23+,24+/m1/s1. The van der Waals surface area contributed by atoms with Crippen molar-refractivity contribution in [2.24, 2.45) is 10.4 Å². The Hall–Kier alpha value is -3.60. The Kier molecular flexibility index (Phi) is 9.70. The van der Waals surface area contributed by atoms with Crippen LogP contribution in [0.25, 0.3) is 0 Å². The minimum absolute atomic E-state index is 0.00453. The molecule has 4 heterocycles. The fourth-order valence-corrected chi connectivity index (χ4v) is 6.91. The van der Waals surface area contributed by atoms with Gasteiger partial charge in [0, 0.05) is 42.9 Å². The number of alkyl halides is 2. The maximum atomic E-state index is 15.9. The highest BCUT2D eigenvalue weighted by Crippen LogP contribution is 2.44. The van der Waals surface area contributed by atoms with Crippen molar-refractivity contribution in [3.63, 3.8) is 0 Å². The van der Waals surface area contributed by atoms with E-state index < -0.39 is 70.5 Å². The molecular weight excluding hydrogens is 668 g/mol. The molecule has 11 nitrogen and oxygen atoms in total. The average molecular weight is 701 g/mol. The third-order valence-corrected chi connectivity index (χ3v) is 9.72. The van der Waals surface area contributed by atoms with Gasteiger partial charge >= 0.3 is 11.9 Å². The highest BCUT2D eigenvalue weighted by atomic mass is 35.5. The topological polar surface area (TPSA) is 128 Å². The number of aliphatic carboxylic acids is 1. The van der Waals surface area contributed by atoms with E-state index in [0.29, 0.717) is 5.01 Å². The smallest absolute Gasteiger partial charge is 0.338 e. The number of carboxylic acid groups (broad SMARTS) is 1. The van der Waals surface area contributed by atoms with Crippen LogP contribution in [-0.2, 0) is 19.1 Å². The first-order chi connectivity index (χ1) is 22.1. The van der Waals surface area contributed by atoms with Crippen molar-refractivity contribution in [1.29, 1.82) is 0 Å². The molecule has 2 saturated heterocycles. The molecule has 0 spiro atoms. The number of hydrogen-bond donors (Lipinski definition) is 2. The molecule has 3 atom stereocenters. The van der Waals surface area contributed by atoms with E-state index in [4.69, 9.17) is 16.3 Å². The summed E-state index contributed by atoms with van der Waals surface area (Å²) in [6.45, 7) is 4.45. The van der Waals surface area contributed by atoms with Crippen molar-refractivity contribution in [2.45, 2.75) is 58.2 Å². The number of aliphatic imine (C=N–C) groups is 1. The Labute approximate surface area is 276 Å². The van der Waals surface area contributed by atoms with Crippen LogP contribution in [0.4, 0.5) is 17.6 Å².